The van der Waals surface area contributed by atoms with Gasteiger partial charge in [-0.3, -0.25) is 15.1 Å². The van der Waals surface area contributed by atoms with Crippen LogP contribution in [0.15, 0.2) is 54.6 Å². The van der Waals surface area contributed by atoms with Gasteiger partial charge in [-0.25, -0.2) is 4.79 Å². The first-order valence-electron chi connectivity index (χ1n) is 9.25. The first-order valence-corrected chi connectivity index (χ1v) is 9.25. The zero-order chi connectivity index (χ0) is 21.0. The second kappa shape index (κ2) is 8.28. The average molecular weight is 392 g/mol. The lowest BCUT2D eigenvalue weighted by atomic mass is 10.1. The van der Waals surface area contributed by atoms with Crippen molar-refractivity contribution >= 4 is 34.3 Å². The van der Waals surface area contributed by atoms with Gasteiger partial charge in [0, 0.05) is 17.5 Å². The number of amides is 2. The molecule has 0 aliphatic carbocycles. The molecule has 1 heterocycles. The van der Waals surface area contributed by atoms with Crippen molar-refractivity contribution in [3.8, 4) is 0 Å². The van der Waals surface area contributed by atoms with Gasteiger partial charge in [0.25, 0.3) is 5.91 Å². The Balaban J connectivity index is 1.79. The molecule has 4 N–H and O–H groups in total. The molecule has 29 heavy (non-hydrogen) atoms. The molecule has 150 valence electrons. The van der Waals surface area contributed by atoms with E-state index in [2.05, 4.69) is 15.6 Å². The van der Waals surface area contributed by atoms with Crippen LogP contribution in [0.25, 0.3) is 10.9 Å². The Morgan fingerprint density at radius 2 is 1.69 bits per heavy atom. The van der Waals surface area contributed by atoms with Crippen LogP contribution < -0.4 is 16.4 Å². The number of benzene rings is 2. The number of anilines is 2. The normalized spacial score (nSPS) is 11.2. The molecule has 0 radical (unpaired) electrons. The predicted octanol–water partition coefficient (Wildman–Crippen LogP) is 4.29. The molecular formula is C22H24N4O3. The van der Waals surface area contributed by atoms with Crippen molar-refractivity contribution in [1.29, 1.82) is 0 Å². The van der Waals surface area contributed by atoms with E-state index in [0.29, 0.717) is 23.5 Å². The summed E-state index contributed by atoms with van der Waals surface area (Å²) in [7, 11) is 0. The van der Waals surface area contributed by atoms with Crippen LogP contribution in [0.3, 0.4) is 0 Å². The van der Waals surface area contributed by atoms with Gasteiger partial charge in [-0.05, 0) is 57.2 Å². The van der Waals surface area contributed by atoms with Crippen LogP contribution in [0.4, 0.5) is 16.2 Å². The molecule has 1 aromatic heterocycles. The van der Waals surface area contributed by atoms with E-state index in [9.17, 15) is 9.59 Å². The van der Waals surface area contributed by atoms with Crippen LogP contribution in [0.2, 0.25) is 0 Å². The quantitative estimate of drug-likeness (QED) is 0.614. The highest BCUT2D eigenvalue weighted by Gasteiger charge is 2.18. The summed E-state index contributed by atoms with van der Waals surface area (Å²) in [6, 6.07) is 15.9. The number of nitrogens with zero attached hydrogens (tertiary/aromatic N) is 1. The van der Waals surface area contributed by atoms with Gasteiger partial charge in [-0.2, -0.15) is 0 Å². The SMILES string of the molecule is CC(C)(C)OC(=O)Nc1ccccc1NC(=O)c1ccc2nc(CN)ccc2c1. The first kappa shape index (κ1) is 20.3. The van der Waals surface area contributed by atoms with Crippen LogP contribution in [-0.4, -0.2) is 22.6 Å². The van der Waals surface area contributed by atoms with Crippen molar-refractivity contribution in [2.45, 2.75) is 32.9 Å². The zero-order valence-electron chi connectivity index (χ0n) is 16.7. The van der Waals surface area contributed by atoms with Gasteiger partial charge in [-0.15, -0.1) is 0 Å². The van der Waals surface area contributed by atoms with Gasteiger partial charge < -0.3 is 15.8 Å². The molecule has 0 saturated heterocycles. The lowest BCUT2D eigenvalue weighted by molar-refractivity contribution is 0.0635. The van der Waals surface area contributed by atoms with Crippen molar-refractivity contribution in [2.24, 2.45) is 5.73 Å². The number of carbonyl (C=O) groups excluding carboxylic acids is 2. The fraction of sp³-hybridized carbons (Fsp3) is 0.227. The Hall–Kier alpha value is -3.45. The van der Waals surface area contributed by atoms with E-state index < -0.39 is 11.7 Å². The Bertz CT molecular complexity index is 1060. The molecule has 7 nitrogen and oxygen atoms in total. The topological polar surface area (TPSA) is 106 Å². The van der Waals surface area contributed by atoms with E-state index in [4.69, 9.17) is 10.5 Å². The average Bonchev–Trinajstić information content (AvgIpc) is 2.67. The summed E-state index contributed by atoms with van der Waals surface area (Å²) < 4.78 is 5.27. The highest BCUT2D eigenvalue weighted by molar-refractivity contribution is 6.08. The molecule has 0 spiro atoms. The summed E-state index contributed by atoms with van der Waals surface area (Å²) in [5.41, 5.74) is 7.97. The maximum Gasteiger partial charge on any atom is 0.412 e. The van der Waals surface area contributed by atoms with E-state index in [-0.39, 0.29) is 5.91 Å². The number of nitrogens with two attached hydrogens (primary N) is 1. The molecule has 0 fully saturated rings. The maximum absolute atomic E-state index is 12.8. The molecule has 0 aliphatic heterocycles. The van der Waals surface area contributed by atoms with E-state index in [1.807, 2.05) is 12.1 Å². The molecule has 7 heteroatoms. The third-order valence-corrected chi connectivity index (χ3v) is 4.03. The molecule has 3 rings (SSSR count). The molecule has 0 unspecified atom stereocenters. The summed E-state index contributed by atoms with van der Waals surface area (Å²) in [4.78, 5) is 29.3. The lowest BCUT2D eigenvalue weighted by Gasteiger charge is -2.20. The fourth-order valence-electron chi connectivity index (χ4n) is 2.73. The number of hydrogen-bond donors (Lipinski definition) is 3. The second-order valence-electron chi connectivity index (χ2n) is 7.54. The Morgan fingerprint density at radius 1 is 1.00 bits per heavy atom. The summed E-state index contributed by atoms with van der Waals surface area (Å²) in [5, 5.41) is 6.34. The Labute approximate surface area is 169 Å². The molecule has 0 bridgehead atoms. The predicted molar refractivity (Wildman–Crippen MR) is 114 cm³/mol. The van der Waals surface area contributed by atoms with Crippen molar-refractivity contribution < 1.29 is 14.3 Å². The van der Waals surface area contributed by atoms with Gasteiger partial charge in [0.2, 0.25) is 0 Å². The van der Waals surface area contributed by atoms with E-state index >= 15 is 0 Å². The van der Waals surface area contributed by atoms with Gasteiger partial charge >= 0.3 is 6.09 Å². The number of pyridine rings is 1. The molecule has 3 aromatic rings. The molecule has 2 amide bonds. The molecule has 0 aliphatic rings. The van der Waals surface area contributed by atoms with Crippen molar-refractivity contribution in [2.75, 3.05) is 10.6 Å². The minimum atomic E-state index is -0.620. The number of para-hydroxylation sites is 2. The third-order valence-electron chi connectivity index (χ3n) is 4.03. The maximum atomic E-state index is 12.8. The number of ether oxygens (including phenoxy) is 1. The molecule has 0 saturated carbocycles. The minimum absolute atomic E-state index is 0.298. The Morgan fingerprint density at radius 3 is 2.34 bits per heavy atom. The molecule has 2 aromatic carbocycles. The summed E-state index contributed by atoms with van der Waals surface area (Å²) >= 11 is 0. The molecular weight excluding hydrogens is 368 g/mol. The molecule has 0 atom stereocenters. The van der Waals surface area contributed by atoms with Crippen LogP contribution in [-0.2, 0) is 11.3 Å². The summed E-state index contributed by atoms with van der Waals surface area (Å²) in [6.45, 7) is 5.71. The third kappa shape index (κ3) is 5.30. The Kier molecular flexibility index (Phi) is 5.79. The number of fused-ring (bicyclic) bond motifs is 1. The van der Waals surface area contributed by atoms with Crippen LogP contribution in [0.1, 0.15) is 36.8 Å². The zero-order valence-corrected chi connectivity index (χ0v) is 16.7. The van der Waals surface area contributed by atoms with Crippen molar-refractivity contribution in [1.82, 2.24) is 4.98 Å². The lowest BCUT2D eigenvalue weighted by Crippen LogP contribution is -2.27. The van der Waals surface area contributed by atoms with Crippen molar-refractivity contribution in [3.05, 3.63) is 65.9 Å². The van der Waals surface area contributed by atoms with E-state index in [1.165, 1.54) is 0 Å². The van der Waals surface area contributed by atoms with E-state index in [0.717, 1.165) is 16.6 Å². The first-order chi connectivity index (χ1) is 13.7. The number of rotatable bonds is 4. The monoisotopic (exact) mass is 392 g/mol. The summed E-state index contributed by atoms with van der Waals surface area (Å²) in [5.74, 6) is -0.298. The van der Waals surface area contributed by atoms with Crippen LogP contribution in [0, 0.1) is 0 Å². The van der Waals surface area contributed by atoms with E-state index in [1.54, 1.807) is 63.2 Å². The fourth-order valence-corrected chi connectivity index (χ4v) is 2.73. The smallest absolute Gasteiger partial charge is 0.412 e. The van der Waals surface area contributed by atoms with Crippen molar-refractivity contribution in [3.63, 3.8) is 0 Å². The van der Waals surface area contributed by atoms with Crippen LogP contribution in [0.5, 0.6) is 0 Å². The number of aromatic nitrogens is 1. The highest BCUT2D eigenvalue weighted by Crippen LogP contribution is 2.23. The highest BCUT2D eigenvalue weighted by atomic mass is 16.6. The van der Waals surface area contributed by atoms with Gasteiger partial charge in [0.1, 0.15) is 5.60 Å². The number of nitrogens with one attached hydrogen (secondary N) is 2. The number of hydrogen-bond acceptors (Lipinski definition) is 5. The number of carbonyl (C=O) groups is 2. The van der Waals surface area contributed by atoms with Crippen LogP contribution >= 0.6 is 0 Å². The standard InChI is InChI=1S/C22H24N4O3/c1-22(2,3)29-21(28)26-19-7-5-4-6-18(19)25-20(27)15-9-11-17-14(12-15)8-10-16(13-23)24-17/h4-12H,13,23H2,1-3H3,(H,25,27)(H,26,28). The summed E-state index contributed by atoms with van der Waals surface area (Å²) in [6.07, 6.45) is -0.591. The second-order valence-corrected chi connectivity index (χ2v) is 7.54. The minimum Gasteiger partial charge on any atom is -0.444 e. The van der Waals surface area contributed by atoms with Gasteiger partial charge in [0.05, 0.1) is 22.6 Å². The van der Waals surface area contributed by atoms with Gasteiger partial charge in [-0.1, -0.05) is 18.2 Å². The van der Waals surface area contributed by atoms with Gasteiger partial charge in [0.15, 0.2) is 0 Å². The largest absolute Gasteiger partial charge is 0.444 e.